The Hall–Kier alpha value is -2.36. The third kappa shape index (κ3) is 7.37. The monoisotopic (exact) mass is 536 g/mol. The molecule has 0 unspecified atom stereocenters. The number of rotatable bonds is 10. The van der Waals surface area contributed by atoms with Crippen molar-refractivity contribution in [2.24, 2.45) is 4.99 Å². The molecule has 1 aromatic carbocycles. The highest BCUT2D eigenvalue weighted by molar-refractivity contribution is 14.0. The zero-order valence-corrected chi connectivity index (χ0v) is 20.9. The maximum atomic E-state index is 5.51. The lowest BCUT2D eigenvalue weighted by Gasteiger charge is -2.12. The molecule has 0 amide bonds. The number of nitrogens with zero attached hydrogens (tertiary/aromatic N) is 4. The second-order valence-corrected chi connectivity index (χ2v) is 7.25. The Labute approximate surface area is 201 Å². The Balaban J connectivity index is 0.00000341. The van der Waals surface area contributed by atoms with Crippen LogP contribution in [0.5, 0.6) is 0 Å². The summed E-state index contributed by atoms with van der Waals surface area (Å²) in [4.78, 5) is 4.77. The van der Waals surface area contributed by atoms with Gasteiger partial charge < -0.3 is 15.2 Å². The second kappa shape index (κ2) is 13.1. The number of aliphatic imine (C=N–C) groups is 1. The van der Waals surface area contributed by atoms with Crippen molar-refractivity contribution in [3.8, 4) is 0 Å². The fourth-order valence-electron chi connectivity index (χ4n) is 3.42. The van der Waals surface area contributed by atoms with E-state index in [9.17, 15) is 0 Å². The molecule has 168 valence electrons. The lowest BCUT2D eigenvalue weighted by molar-refractivity contribution is 0.368. The first-order chi connectivity index (χ1) is 14.7. The highest BCUT2D eigenvalue weighted by Gasteiger charge is 2.13. The van der Waals surface area contributed by atoms with E-state index in [1.54, 1.807) is 6.20 Å². The molecular weight excluding hydrogens is 503 g/mol. The number of hydrogen-bond donors (Lipinski definition) is 2. The molecule has 3 aromatic rings. The third-order valence-corrected chi connectivity index (χ3v) is 5.17. The lowest BCUT2D eigenvalue weighted by atomic mass is 9.99. The topological polar surface area (TPSA) is 80.3 Å². The van der Waals surface area contributed by atoms with Crippen molar-refractivity contribution in [2.45, 2.75) is 59.2 Å². The molecule has 31 heavy (non-hydrogen) atoms. The van der Waals surface area contributed by atoms with Crippen molar-refractivity contribution in [3.63, 3.8) is 0 Å². The van der Waals surface area contributed by atoms with E-state index in [2.05, 4.69) is 59.9 Å². The third-order valence-electron chi connectivity index (χ3n) is 5.17. The van der Waals surface area contributed by atoms with Gasteiger partial charge in [0.15, 0.2) is 11.7 Å². The van der Waals surface area contributed by atoms with Crippen LogP contribution in [-0.4, -0.2) is 27.4 Å². The molecule has 7 nitrogen and oxygen atoms in total. The van der Waals surface area contributed by atoms with E-state index in [4.69, 9.17) is 9.52 Å². The van der Waals surface area contributed by atoms with Crippen molar-refractivity contribution < 1.29 is 4.52 Å². The highest BCUT2D eigenvalue weighted by atomic mass is 127. The van der Waals surface area contributed by atoms with Gasteiger partial charge in [-0.05, 0) is 37.0 Å². The van der Waals surface area contributed by atoms with Gasteiger partial charge in [-0.25, -0.2) is 4.99 Å². The quantitative estimate of drug-likeness (QED) is 0.223. The Morgan fingerprint density at radius 2 is 1.87 bits per heavy atom. The number of benzene rings is 1. The van der Waals surface area contributed by atoms with E-state index >= 15 is 0 Å². The first-order valence-electron chi connectivity index (χ1n) is 10.7. The molecule has 0 aliphatic heterocycles. The first-order valence-corrected chi connectivity index (χ1v) is 10.7. The molecule has 0 fully saturated rings. The molecule has 0 aliphatic rings. The summed E-state index contributed by atoms with van der Waals surface area (Å²) in [5.41, 5.74) is 3.43. The largest absolute Gasteiger partial charge is 0.359 e. The van der Waals surface area contributed by atoms with E-state index < -0.39 is 0 Å². The standard InChI is InChI=1S/C23H32N6O.HI/c1-4-18(5-2)22-14-21(30-28-22)16-26-23(24-6-3)25-15-19-10-7-8-11-20(19)17-29-13-9-12-27-29;/h7-14,18H,4-6,15-17H2,1-3H3,(H2,24,25,26);1H. The minimum Gasteiger partial charge on any atom is -0.359 e. The zero-order chi connectivity index (χ0) is 21.2. The van der Waals surface area contributed by atoms with Crippen LogP contribution < -0.4 is 10.6 Å². The van der Waals surface area contributed by atoms with Gasteiger partial charge in [0.25, 0.3) is 0 Å². The number of aromatic nitrogens is 3. The molecule has 0 radical (unpaired) electrons. The summed E-state index contributed by atoms with van der Waals surface area (Å²) in [7, 11) is 0. The van der Waals surface area contributed by atoms with E-state index in [0.717, 1.165) is 43.3 Å². The molecule has 0 bridgehead atoms. The minimum absolute atomic E-state index is 0. The van der Waals surface area contributed by atoms with Gasteiger partial charge in [-0.2, -0.15) is 5.10 Å². The predicted octanol–water partition coefficient (Wildman–Crippen LogP) is 4.70. The lowest BCUT2D eigenvalue weighted by Crippen LogP contribution is -2.36. The molecule has 0 saturated heterocycles. The van der Waals surface area contributed by atoms with Crippen molar-refractivity contribution in [1.29, 1.82) is 0 Å². The summed E-state index contributed by atoms with van der Waals surface area (Å²) in [6.07, 6.45) is 5.90. The SMILES string of the molecule is CCNC(=NCc1ccccc1Cn1cccn1)NCc1cc(C(CC)CC)no1.I. The maximum Gasteiger partial charge on any atom is 0.191 e. The summed E-state index contributed by atoms with van der Waals surface area (Å²) in [6.45, 7) is 9.08. The van der Waals surface area contributed by atoms with Crippen molar-refractivity contribution in [2.75, 3.05) is 6.54 Å². The first kappa shape index (κ1) is 24.9. The van der Waals surface area contributed by atoms with Gasteiger partial charge in [-0.15, -0.1) is 24.0 Å². The number of nitrogens with one attached hydrogen (secondary N) is 2. The van der Waals surface area contributed by atoms with Gasteiger partial charge in [0.1, 0.15) is 0 Å². The van der Waals surface area contributed by atoms with Gasteiger partial charge in [0.05, 0.1) is 25.3 Å². The van der Waals surface area contributed by atoms with Crippen molar-refractivity contribution in [1.82, 2.24) is 25.6 Å². The van der Waals surface area contributed by atoms with Crippen LogP contribution in [0.3, 0.4) is 0 Å². The number of halogens is 1. The molecule has 0 aliphatic carbocycles. The Morgan fingerprint density at radius 3 is 2.55 bits per heavy atom. The van der Waals surface area contributed by atoms with Gasteiger partial charge in [-0.1, -0.05) is 43.3 Å². The van der Waals surface area contributed by atoms with Crippen LogP contribution >= 0.6 is 24.0 Å². The Kier molecular flexibility index (Phi) is 10.6. The van der Waals surface area contributed by atoms with E-state index in [-0.39, 0.29) is 24.0 Å². The van der Waals surface area contributed by atoms with E-state index in [1.165, 1.54) is 11.1 Å². The summed E-state index contributed by atoms with van der Waals surface area (Å²) in [6, 6.07) is 12.3. The Morgan fingerprint density at radius 1 is 1.10 bits per heavy atom. The highest BCUT2D eigenvalue weighted by Crippen LogP contribution is 2.22. The fraction of sp³-hybridized carbons (Fsp3) is 0.435. The summed E-state index contributed by atoms with van der Waals surface area (Å²) in [5.74, 6) is 2.03. The summed E-state index contributed by atoms with van der Waals surface area (Å²) < 4.78 is 7.44. The molecule has 2 aromatic heterocycles. The van der Waals surface area contributed by atoms with Gasteiger partial charge in [0, 0.05) is 30.9 Å². The van der Waals surface area contributed by atoms with Crippen molar-refractivity contribution in [3.05, 3.63) is 71.4 Å². The van der Waals surface area contributed by atoms with Crippen LogP contribution in [0.15, 0.2) is 58.3 Å². The molecule has 8 heteroatoms. The summed E-state index contributed by atoms with van der Waals surface area (Å²) >= 11 is 0. The normalized spacial score (nSPS) is 11.4. The van der Waals surface area contributed by atoms with Crippen LogP contribution in [0.4, 0.5) is 0 Å². The molecule has 0 atom stereocenters. The zero-order valence-electron chi connectivity index (χ0n) is 18.5. The fourth-order valence-corrected chi connectivity index (χ4v) is 3.42. The second-order valence-electron chi connectivity index (χ2n) is 7.25. The van der Waals surface area contributed by atoms with Crippen LogP contribution in [0.1, 0.15) is 62.1 Å². The molecule has 0 spiro atoms. The molecule has 3 rings (SSSR count). The van der Waals surface area contributed by atoms with Crippen LogP contribution in [0, 0.1) is 0 Å². The summed E-state index contributed by atoms with van der Waals surface area (Å²) in [5, 5.41) is 15.2. The van der Waals surface area contributed by atoms with Gasteiger partial charge in [0.2, 0.25) is 0 Å². The average Bonchev–Trinajstić information content (AvgIpc) is 3.44. The molecule has 2 heterocycles. The van der Waals surface area contributed by atoms with Crippen LogP contribution in [0.25, 0.3) is 0 Å². The van der Waals surface area contributed by atoms with Gasteiger partial charge in [-0.3, -0.25) is 4.68 Å². The predicted molar refractivity (Wildman–Crippen MR) is 135 cm³/mol. The molecule has 0 saturated carbocycles. The van der Waals surface area contributed by atoms with Gasteiger partial charge >= 0.3 is 0 Å². The maximum absolute atomic E-state index is 5.51. The smallest absolute Gasteiger partial charge is 0.191 e. The van der Waals surface area contributed by atoms with E-state index in [1.807, 2.05) is 29.1 Å². The van der Waals surface area contributed by atoms with Crippen molar-refractivity contribution >= 4 is 29.9 Å². The minimum atomic E-state index is 0. The number of guanidine groups is 1. The number of hydrogen-bond acceptors (Lipinski definition) is 4. The molecular formula is C23H33IN6O. The van der Waals surface area contributed by atoms with E-state index in [0.29, 0.717) is 19.0 Å². The van der Waals surface area contributed by atoms with Crippen LogP contribution in [0.2, 0.25) is 0 Å². The molecule has 2 N–H and O–H groups in total. The average molecular weight is 536 g/mol. The van der Waals surface area contributed by atoms with Crippen LogP contribution in [-0.2, 0) is 19.6 Å². The Bertz CT molecular complexity index is 918.